The van der Waals surface area contributed by atoms with Crippen LogP contribution >= 0.6 is 23.3 Å². The molecule has 0 bridgehead atoms. The van der Waals surface area contributed by atoms with Gasteiger partial charge in [-0.2, -0.15) is 4.37 Å². The molecule has 1 aromatic rings. The second-order valence-electron chi connectivity index (χ2n) is 9.38. The van der Waals surface area contributed by atoms with Crippen LogP contribution in [-0.4, -0.2) is 95.6 Å². The summed E-state index contributed by atoms with van der Waals surface area (Å²) in [5, 5.41) is 25.2. The number of carbonyl (C=O) groups is 4. The maximum atomic E-state index is 13.2. The van der Waals surface area contributed by atoms with Gasteiger partial charge in [0, 0.05) is 30.8 Å². The molecule has 4 aliphatic rings. The first-order valence-electron chi connectivity index (χ1n) is 11.7. The fourth-order valence-corrected chi connectivity index (χ4v) is 5.90. The van der Waals surface area contributed by atoms with E-state index in [0.717, 1.165) is 16.4 Å². The second-order valence-corrected chi connectivity index (χ2v) is 11.3. The number of ether oxygens (including phenoxy) is 1. The lowest BCUT2D eigenvalue weighted by Gasteiger charge is -2.49. The summed E-state index contributed by atoms with van der Waals surface area (Å²) in [4.78, 5) is 62.2. The molecule has 2 atom stereocenters. The number of aliphatic imine (C=N–C) groups is 1. The van der Waals surface area contributed by atoms with Crippen LogP contribution in [0.25, 0.3) is 0 Å². The largest absolute Gasteiger partial charge is 0.478 e. The molecule has 0 radical (unpaired) electrons. The van der Waals surface area contributed by atoms with Crippen molar-refractivity contribution in [1.29, 1.82) is 0 Å². The number of nitrogens with zero attached hydrogens (tertiary/aromatic N) is 5. The van der Waals surface area contributed by atoms with Crippen molar-refractivity contribution < 1.29 is 39.0 Å². The van der Waals surface area contributed by atoms with Gasteiger partial charge in [-0.25, -0.2) is 14.6 Å². The Labute approximate surface area is 234 Å². The van der Waals surface area contributed by atoms with E-state index in [1.807, 2.05) is 0 Å². The van der Waals surface area contributed by atoms with E-state index in [1.54, 1.807) is 23.4 Å². The first-order chi connectivity index (χ1) is 19.0. The second kappa shape index (κ2) is 10.3. The quantitative estimate of drug-likeness (QED) is 0.172. The number of fused-ring (bicyclic) bond motifs is 2. The van der Waals surface area contributed by atoms with Crippen LogP contribution in [0.2, 0.25) is 0 Å². The summed E-state index contributed by atoms with van der Waals surface area (Å²) in [5.74, 6) is -3.20. The minimum atomic E-state index is -1.76. The number of carboxylic acid groups (broad SMARTS) is 2. The van der Waals surface area contributed by atoms with Crippen LogP contribution in [0, 0.1) is 0 Å². The van der Waals surface area contributed by atoms with Gasteiger partial charge in [0.1, 0.15) is 33.5 Å². The highest BCUT2D eigenvalue weighted by molar-refractivity contribution is 8.00. The summed E-state index contributed by atoms with van der Waals surface area (Å²) in [7, 11) is 0. The standard InChI is InChI=1S/C23H23N7O8S2/c1-23(2,22(35)36)38-27-15(12-5-14(24)40-28-12)18(31)26-16-19(32)30-17(21(33)34)10(8-39-20(16)30)6-29-4-3-11-13(7-29)37-9-25-11/h3-5,7,16,20H,6,8-9,24H2,1-2H3,(H,26,31)(H,33,34)(H,35,36)/b27-15-/t16?,20-/m1/s1. The fourth-order valence-electron chi connectivity index (χ4n) is 4.06. The number of carbonyl (C=O) groups excluding carboxylic acids is 2. The molecule has 0 spiro atoms. The van der Waals surface area contributed by atoms with Crippen LogP contribution in [0.1, 0.15) is 19.5 Å². The summed E-state index contributed by atoms with van der Waals surface area (Å²) in [6, 6.07) is 0.294. The molecular weight excluding hydrogens is 566 g/mol. The summed E-state index contributed by atoms with van der Waals surface area (Å²) < 4.78 is 9.47. The number of nitrogens with one attached hydrogen (secondary N) is 1. The number of thioether (sulfide) groups is 1. The smallest absolute Gasteiger partial charge is 0.352 e. The van der Waals surface area contributed by atoms with Crippen molar-refractivity contribution in [3.63, 3.8) is 0 Å². The molecule has 1 fully saturated rings. The number of hydrogen-bond donors (Lipinski definition) is 4. The molecule has 0 aliphatic carbocycles. The maximum absolute atomic E-state index is 13.2. The van der Waals surface area contributed by atoms with Gasteiger partial charge >= 0.3 is 11.9 Å². The highest BCUT2D eigenvalue weighted by atomic mass is 32.2. The molecule has 15 nitrogen and oxygen atoms in total. The molecule has 4 aliphatic heterocycles. The van der Waals surface area contributed by atoms with Crippen LogP contribution < -0.4 is 11.1 Å². The molecule has 5 N–H and O–H groups in total. The normalized spacial score (nSPS) is 22.1. The molecule has 40 heavy (non-hydrogen) atoms. The monoisotopic (exact) mass is 589 g/mol. The van der Waals surface area contributed by atoms with Crippen molar-refractivity contribution in [3.8, 4) is 0 Å². The molecular formula is C23H23N7O8S2. The van der Waals surface area contributed by atoms with Crippen LogP contribution in [0.15, 0.2) is 51.7 Å². The molecule has 2 amide bonds. The molecule has 17 heteroatoms. The molecule has 0 saturated carbocycles. The number of aromatic nitrogens is 1. The number of anilines is 1. The average Bonchev–Trinajstić information content (AvgIpc) is 3.55. The SMILES string of the molecule is CC(C)(O/N=C(\C(=O)NC1C(=O)N2C(C(=O)O)=C(CN3C=CC4=NCOC4=C3)CS[C@H]12)c1cc(N)sn1)C(=O)O. The van der Waals surface area contributed by atoms with Gasteiger partial charge in [0.05, 0.1) is 0 Å². The number of rotatable bonds is 9. The summed E-state index contributed by atoms with van der Waals surface area (Å²) in [5.41, 5.74) is 4.68. The zero-order valence-corrected chi connectivity index (χ0v) is 22.7. The number of β-lactam (4-membered cyclic amide) rings is 1. The molecule has 1 saturated heterocycles. The predicted octanol–water partition coefficient (Wildman–Crippen LogP) is 0.147. The minimum absolute atomic E-state index is 0.0256. The number of nitrogen functional groups attached to an aromatic ring is 1. The van der Waals surface area contributed by atoms with E-state index in [0.29, 0.717) is 17.0 Å². The van der Waals surface area contributed by atoms with Gasteiger partial charge in [0.15, 0.2) is 18.2 Å². The highest BCUT2D eigenvalue weighted by Crippen LogP contribution is 2.40. The van der Waals surface area contributed by atoms with E-state index in [1.165, 1.54) is 31.7 Å². The summed E-state index contributed by atoms with van der Waals surface area (Å²) >= 11 is 2.18. The van der Waals surface area contributed by atoms with Crippen molar-refractivity contribution in [3.05, 3.63) is 47.3 Å². The first-order valence-corrected chi connectivity index (χ1v) is 13.5. The van der Waals surface area contributed by atoms with Crippen LogP contribution in [-0.2, 0) is 28.8 Å². The number of hydrogen-bond acceptors (Lipinski definition) is 13. The Morgan fingerprint density at radius 3 is 2.80 bits per heavy atom. The van der Waals surface area contributed by atoms with E-state index in [9.17, 15) is 29.4 Å². The van der Waals surface area contributed by atoms with Gasteiger partial charge in [0.25, 0.3) is 11.8 Å². The zero-order valence-electron chi connectivity index (χ0n) is 21.1. The molecule has 5 heterocycles. The fraction of sp³-hybridized carbons (Fsp3) is 0.348. The minimum Gasteiger partial charge on any atom is -0.478 e. The van der Waals surface area contributed by atoms with Gasteiger partial charge in [-0.3, -0.25) is 14.5 Å². The van der Waals surface area contributed by atoms with Gasteiger partial charge in [-0.1, -0.05) is 5.16 Å². The number of carboxylic acids is 2. The van der Waals surface area contributed by atoms with Crippen molar-refractivity contribution in [2.45, 2.75) is 30.9 Å². The van der Waals surface area contributed by atoms with Gasteiger partial charge in [-0.05, 0) is 37.0 Å². The molecule has 5 rings (SSSR count). The molecule has 0 aromatic carbocycles. The maximum Gasteiger partial charge on any atom is 0.352 e. The number of aliphatic carboxylic acids is 2. The Hall–Kier alpha value is -4.38. The summed E-state index contributed by atoms with van der Waals surface area (Å²) in [6.07, 6.45) is 5.23. The van der Waals surface area contributed by atoms with Crippen molar-refractivity contribution in [2.75, 3.05) is 24.8 Å². The van der Waals surface area contributed by atoms with E-state index in [-0.39, 0.29) is 41.1 Å². The Balaban J connectivity index is 1.33. The van der Waals surface area contributed by atoms with Gasteiger partial charge in [-0.15, -0.1) is 11.8 Å². The van der Waals surface area contributed by atoms with E-state index in [4.69, 9.17) is 15.3 Å². The number of allylic oxidation sites excluding steroid dienone is 1. The zero-order chi connectivity index (χ0) is 28.8. The lowest BCUT2D eigenvalue weighted by molar-refractivity contribution is -0.161. The Morgan fingerprint density at radius 1 is 1.35 bits per heavy atom. The topological polar surface area (TPSA) is 209 Å². The van der Waals surface area contributed by atoms with Crippen molar-refractivity contribution >= 4 is 63.5 Å². The third-order valence-electron chi connectivity index (χ3n) is 6.19. The average molecular weight is 590 g/mol. The van der Waals surface area contributed by atoms with Gasteiger partial charge in [0.2, 0.25) is 5.60 Å². The van der Waals surface area contributed by atoms with E-state index < -0.39 is 40.8 Å². The first kappa shape index (κ1) is 27.2. The molecule has 210 valence electrons. The third kappa shape index (κ3) is 5.00. The van der Waals surface area contributed by atoms with Crippen molar-refractivity contribution in [2.24, 2.45) is 10.1 Å². The summed E-state index contributed by atoms with van der Waals surface area (Å²) in [6.45, 7) is 2.92. The van der Waals surface area contributed by atoms with Crippen LogP contribution in [0.3, 0.4) is 0 Å². The number of oxime groups is 1. The molecule has 1 unspecified atom stereocenters. The van der Waals surface area contributed by atoms with E-state index >= 15 is 0 Å². The molecule has 1 aromatic heterocycles. The number of amides is 2. The Kier molecular flexibility index (Phi) is 7.01. The van der Waals surface area contributed by atoms with Crippen LogP contribution in [0.5, 0.6) is 0 Å². The third-order valence-corrected chi connectivity index (χ3v) is 8.15. The van der Waals surface area contributed by atoms with E-state index in [2.05, 4.69) is 19.8 Å². The Morgan fingerprint density at radius 2 is 2.12 bits per heavy atom. The highest BCUT2D eigenvalue weighted by Gasteiger charge is 2.54. The van der Waals surface area contributed by atoms with Gasteiger partial charge < -0.3 is 35.7 Å². The van der Waals surface area contributed by atoms with Crippen LogP contribution in [0.4, 0.5) is 5.00 Å². The Bertz CT molecular complexity index is 1460. The lowest BCUT2D eigenvalue weighted by atomic mass is 10.0. The number of nitrogens with two attached hydrogens (primary N) is 1. The lowest BCUT2D eigenvalue weighted by Crippen LogP contribution is -2.71. The van der Waals surface area contributed by atoms with Crippen molar-refractivity contribution in [1.82, 2.24) is 19.5 Å². The predicted molar refractivity (Wildman–Crippen MR) is 143 cm³/mol.